The molecule has 0 fully saturated rings. The average Bonchev–Trinajstić information content (AvgIpc) is 1.88. The molecule has 0 radical (unpaired) electrons. The zero-order valence-corrected chi connectivity index (χ0v) is 6.96. The third-order valence-corrected chi connectivity index (χ3v) is 0.911. The monoisotopic (exact) mass is 153 g/mol. The van der Waals surface area contributed by atoms with Gasteiger partial charge in [-0.15, -0.1) is 0 Å². The molecule has 0 spiro atoms. The van der Waals surface area contributed by atoms with Crippen molar-refractivity contribution in [2.24, 2.45) is 0 Å². The van der Waals surface area contributed by atoms with Crippen LogP contribution in [0.25, 0.3) is 0 Å². The Balaban J connectivity index is 0.000000292. The van der Waals surface area contributed by atoms with Crippen molar-refractivity contribution in [2.75, 3.05) is 25.6 Å². The van der Waals surface area contributed by atoms with Crippen molar-refractivity contribution in [1.82, 2.24) is 5.32 Å². The van der Waals surface area contributed by atoms with Crippen LogP contribution in [0.15, 0.2) is 24.3 Å². The number of hydrogen-bond donors (Lipinski definition) is 3. The average molecular weight is 153 g/mol. The predicted octanol–water partition coefficient (Wildman–Crippen LogP) is 0.687. The molecule has 62 valence electrons. The lowest BCUT2D eigenvalue weighted by Gasteiger charge is -1.91. The van der Waals surface area contributed by atoms with E-state index in [0.29, 0.717) is 11.4 Å². The van der Waals surface area contributed by atoms with E-state index in [4.69, 9.17) is 11.5 Å². The van der Waals surface area contributed by atoms with E-state index in [9.17, 15) is 0 Å². The Morgan fingerprint density at radius 3 is 1.64 bits per heavy atom. The molecule has 0 heterocycles. The summed E-state index contributed by atoms with van der Waals surface area (Å²) < 4.78 is 0. The van der Waals surface area contributed by atoms with Gasteiger partial charge < -0.3 is 16.8 Å². The Labute approximate surface area is 67.4 Å². The number of nitrogens with two attached hydrogens (primary N) is 2. The summed E-state index contributed by atoms with van der Waals surface area (Å²) in [5.41, 5.74) is 12.2. The molecule has 1 aromatic rings. The first-order valence-electron chi connectivity index (χ1n) is 3.40. The highest BCUT2D eigenvalue weighted by Crippen LogP contribution is 2.06. The molecule has 3 heteroatoms. The van der Waals surface area contributed by atoms with E-state index in [1.165, 1.54) is 0 Å². The highest BCUT2D eigenvalue weighted by molar-refractivity contribution is 5.50. The highest BCUT2D eigenvalue weighted by atomic mass is 14.7. The lowest BCUT2D eigenvalue weighted by Crippen LogP contribution is -1.89. The molecule has 1 rings (SSSR count). The van der Waals surface area contributed by atoms with Crippen LogP contribution in [-0.4, -0.2) is 14.1 Å². The molecule has 0 atom stereocenters. The fourth-order valence-corrected chi connectivity index (χ4v) is 0.559. The second-order valence-electron chi connectivity index (χ2n) is 2.17. The minimum atomic E-state index is 0.713. The summed E-state index contributed by atoms with van der Waals surface area (Å²) in [5.74, 6) is 0. The molecule has 11 heavy (non-hydrogen) atoms. The Morgan fingerprint density at radius 2 is 1.45 bits per heavy atom. The van der Waals surface area contributed by atoms with E-state index in [1.54, 1.807) is 18.2 Å². The molecule has 0 aliphatic carbocycles. The van der Waals surface area contributed by atoms with Gasteiger partial charge in [-0.1, -0.05) is 6.07 Å². The van der Waals surface area contributed by atoms with Crippen molar-refractivity contribution >= 4 is 11.4 Å². The molecular weight excluding hydrogens is 138 g/mol. The third kappa shape index (κ3) is 5.24. The summed E-state index contributed by atoms with van der Waals surface area (Å²) in [5, 5.41) is 2.75. The molecule has 5 N–H and O–H groups in total. The predicted molar refractivity (Wildman–Crippen MR) is 50.3 cm³/mol. The molecule has 0 aromatic heterocycles. The SMILES string of the molecule is CNC.Nc1cccc(N)c1. The van der Waals surface area contributed by atoms with E-state index < -0.39 is 0 Å². The van der Waals surface area contributed by atoms with Crippen LogP contribution in [0.2, 0.25) is 0 Å². The normalized spacial score (nSPS) is 8.18. The Kier molecular flexibility index (Phi) is 4.94. The molecule has 1 aromatic carbocycles. The van der Waals surface area contributed by atoms with Crippen molar-refractivity contribution in [3.63, 3.8) is 0 Å². The molecule has 0 aliphatic rings. The van der Waals surface area contributed by atoms with Crippen LogP contribution < -0.4 is 16.8 Å². The maximum Gasteiger partial charge on any atom is 0.0334 e. The standard InChI is InChI=1S/C6H8N2.C2H7N/c7-5-2-1-3-6(8)4-5;1-3-2/h1-4H,7-8H2;3H,1-2H3. The first kappa shape index (κ1) is 9.78. The van der Waals surface area contributed by atoms with Gasteiger partial charge >= 0.3 is 0 Å². The van der Waals surface area contributed by atoms with Crippen molar-refractivity contribution in [1.29, 1.82) is 0 Å². The van der Waals surface area contributed by atoms with E-state index in [-0.39, 0.29) is 0 Å². The number of rotatable bonds is 0. The smallest absolute Gasteiger partial charge is 0.0334 e. The van der Waals surface area contributed by atoms with Crippen LogP contribution >= 0.6 is 0 Å². The third-order valence-electron chi connectivity index (χ3n) is 0.911. The van der Waals surface area contributed by atoms with Crippen LogP contribution in [0.4, 0.5) is 11.4 Å². The molecular formula is C8H15N3. The molecule has 3 nitrogen and oxygen atoms in total. The second-order valence-corrected chi connectivity index (χ2v) is 2.17. The maximum atomic E-state index is 5.38. The van der Waals surface area contributed by atoms with Gasteiger partial charge in [0.05, 0.1) is 0 Å². The molecule has 0 amide bonds. The second kappa shape index (κ2) is 5.56. The van der Waals surface area contributed by atoms with E-state index >= 15 is 0 Å². The van der Waals surface area contributed by atoms with Crippen LogP contribution in [-0.2, 0) is 0 Å². The van der Waals surface area contributed by atoms with Crippen molar-refractivity contribution < 1.29 is 0 Å². The minimum Gasteiger partial charge on any atom is -0.399 e. The molecule has 0 aliphatic heterocycles. The molecule has 0 bridgehead atoms. The molecule has 0 saturated heterocycles. The van der Waals surface area contributed by atoms with Gasteiger partial charge in [-0.2, -0.15) is 0 Å². The first-order valence-corrected chi connectivity index (χ1v) is 3.40. The zero-order valence-electron chi connectivity index (χ0n) is 6.96. The maximum absolute atomic E-state index is 5.38. The van der Waals surface area contributed by atoms with Crippen LogP contribution in [0.1, 0.15) is 0 Å². The number of nitrogens with one attached hydrogen (secondary N) is 1. The van der Waals surface area contributed by atoms with Gasteiger partial charge in [-0.3, -0.25) is 0 Å². The summed E-state index contributed by atoms with van der Waals surface area (Å²) in [6.07, 6.45) is 0. The Morgan fingerprint density at radius 1 is 1.09 bits per heavy atom. The highest BCUT2D eigenvalue weighted by Gasteiger charge is 1.81. The van der Waals surface area contributed by atoms with Crippen LogP contribution in [0.3, 0.4) is 0 Å². The van der Waals surface area contributed by atoms with Gasteiger partial charge in [-0.25, -0.2) is 0 Å². The van der Waals surface area contributed by atoms with E-state index in [0.717, 1.165) is 0 Å². The summed E-state index contributed by atoms with van der Waals surface area (Å²) >= 11 is 0. The first-order chi connectivity index (χ1) is 5.20. The van der Waals surface area contributed by atoms with Crippen molar-refractivity contribution in [2.45, 2.75) is 0 Å². The quantitative estimate of drug-likeness (QED) is 0.480. The topological polar surface area (TPSA) is 64.1 Å². The van der Waals surface area contributed by atoms with Crippen molar-refractivity contribution in [3.05, 3.63) is 24.3 Å². The van der Waals surface area contributed by atoms with E-state index in [2.05, 4.69) is 5.32 Å². The van der Waals surface area contributed by atoms with Crippen LogP contribution in [0, 0.1) is 0 Å². The summed E-state index contributed by atoms with van der Waals surface area (Å²) in [6.45, 7) is 0. The van der Waals surface area contributed by atoms with Gasteiger partial charge in [0.1, 0.15) is 0 Å². The Bertz CT molecular complexity index is 181. The van der Waals surface area contributed by atoms with E-state index in [1.807, 2.05) is 20.2 Å². The number of hydrogen-bond acceptors (Lipinski definition) is 3. The number of nitrogen functional groups attached to an aromatic ring is 2. The van der Waals surface area contributed by atoms with Gasteiger partial charge in [0.2, 0.25) is 0 Å². The zero-order chi connectivity index (χ0) is 8.69. The van der Waals surface area contributed by atoms with Gasteiger partial charge in [0.15, 0.2) is 0 Å². The van der Waals surface area contributed by atoms with Crippen LogP contribution in [0.5, 0.6) is 0 Å². The van der Waals surface area contributed by atoms with Gasteiger partial charge in [0.25, 0.3) is 0 Å². The van der Waals surface area contributed by atoms with Gasteiger partial charge in [0, 0.05) is 11.4 Å². The lowest BCUT2D eigenvalue weighted by molar-refractivity contribution is 1.02. The molecule has 0 saturated carbocycles. The minimum absolute atomic E-state index is 0.713. The molecule has 0 unspecified atom stereocenters. The number of anilines is 2. The lowest BCUT2D eigenvalue weighted by atomic mass is 10.3. The summed E-state index contributed by atoms with van der Waals surface area (Å²) in [7, 11) is 3.75. The largest absolute Gasteiger partial charge is 0.399 e. The summed E-state index contributed by atoms with van der Waals surface area (Å²) in [4.78, 5) is 0. The summed E-state index contributed by atoms with van der Waals surface area (Å²) in [6, 6.07) is 7.15. The van der Waals surface area contributed by atoms with Crippen molar-refractivity contribution in [3.8, 4) is 0 Å². The fourth-order valence-electron chi connectivity index (χ4n) is 0.559. The van der Waals surface area contributed by atoms with Gasteiger partial charge in [-0.05, 0) is 32.3 Å². The Hall–Kier alpha value is -1.22. The fraction of sp³-hybridized carbons (Fsp3) is 0.250. The number of benzene rings is 1.